The van der Waals surface area contributed by atoms with Gasteiger partial charge >= 0.3 is 0 Å². The van der Waals surface area contributed by atoms with Crippen molar-refractivity contribution in [2.45, 2.75) is 13.0 Å². The van der Waals surface area contributed by atoms with E-state index in [1.165, 1.54) is 5.56 Å². The fourth-order valence-corrected chi connectivity index (χ4v) is 2.53. The first-order valence-corrected chi connectivity index (χ1v) is 7.24. The molecule has 19 heavy (non-hydrogen) atoms. The van der Waals surface area contributed by atoms with Gasteiger partial charge in [-0.1, -0.05) is 6.07 Å². The van der Waals surface area contributed by atoms with Crippen LogP contribution >= 0.6 is 15.9 Å². The molecule has 0 spiro atoms. The number of hydrogen-bond acceptors (Lipinski definition) is 4. The van der Waals surface area contributed by atoms with Gasteiger partial charge in [0.2, 0.25) is 0 Å². The molecule has 1 atom stereocenters. The van der Waals surface area contributed by atoms with Gasteiger partial charge in [-0.05, 0) is 47.6 Å². The van der Waals surface area contributed by atoms with Gasteiger partial charge in [0.05, 0.1) is 18.2 Å². The van der Waals surface area contributed by atoms with Crippen LogP contribution in [-0.2, 0) is 4.74 Å². The van der Waals surface area contributed by atoms with Crippen molar-refractivity contribution in [2.75, 3.05) is 40.5 Å². The Kier molecular flexibility index (Phi) is 7.38. The monoisotopic (exact) mass is 330 g/mol. The predicted molar refractivity (Wildman–Crippen MR) is 81.6 cm³/mol. The summed E-state index contributed by atoms with van der Waals surface area (Å²) < 4.78 is 11.6. The zero-order valence-corrected chi connectivity index (χ0v) is 13.4. The van der Waals surface area contributed by atoms with E-state index in [1.54, 1.807) is 7.11 Å². The Balaban J connectivity index is 2.75. The fourth-order valence-electron chi connectivity index (χ4n) is 1.97. The summed E-state index contributed by atoms with van der Waals surface area (Å²) in [6, 6.07) is 6.26. The van der Waals surface area contributed by atoms with E-state index in [9.17, 15) is 0 Å². The van der Waals surface area contributed by atoms with Crippen LogP contribution in [0.1, 0.15) is 18.5 Å². The molecule has 5 heteroatoms. The molecule has 0 aromatic heterocycles. The first kappa shape index (κ1) is 16.4. The fraction of sp³-hybridized carbons (Fsp3) is 0.571. The normalized spacial score (nSPS) is 12.7. The Morgan fingerprint density at radius 2 is 2.16 bits per heavy atom. The molecular weight excluding hydrogens is 308 g/mol. The summed E-state index contributed by atoms with van der Waals surface area (Å²) in [5.41, 5.74) is 7.08. The number of nitrogens with two attached hydrogens (primary N) is 1. The molecule has 1 unspecified atom stereocenters. The standard InChI is InChI=1S/C14H23BrN2O2/c1-4-19-8-7-17(2)13(10-16)11-5-6-14(18-3)12(15)9-11/h5-6,9,13H,4,7-8,10,16H2,1-3H3. The van der Waals surface area contributed by atoms with Gasteiger partial charge in [0.25, 0.3) is 0 Å². The van der Waals surface area contributed by atoms with Gasteiger partial charge < -0.3 is 15.2 Å². The molecule has 0 amide bonds. The molecule has 0 radical (unpaired) electrons. The maximum absolute atomic E-state index is 5.90. The molecule has 0 bridgehead atoms. The maximum Gasteiger partial charge on any atom is 0.133 e. The topological polar surface area (TPSA) is 47.7 Å². The zero-order chi connectivity index (χ0) is 14.3. The van der Waals surface area contributed by atoms with Crippen LogP contribution in [-0.4, -0.2) is 45.4 Å². The van der Waals surface area contributed by atoms with Crippen molar-refractivity contribution in [3.8, 4) is 5.75 Å². The van der Waals surface area contributed by atoms with Crippen LogP contribution in [0.2, 0.25) is 0 Å². The lowest BCUT2D eigenvalue weighted by Gasteiger charge is -2.27. The molecule has 0 saturated carbocycles. The van der Waals surface area contributed by atoms with Crippen LogP contribution in [0.3, 0.4) is 0 Å². The highest BCUT2D eigenvalue weighted by Gasteiger charge is 2.16. The number of ether oxygens (including phenoxy) is 2. The third-order valence-corrected chi connectivity index (χ3v) is 3.73. The van der Waals surface area contributed by atoms with Crippen molar-refractivity contribution < 1.29 is 9.47 Å². The first-order chi connectivity index (χ1) is 9.13. The molecule has 0 saturated heterocycles. The highest BCUT2D eigenvalue weighted by atomic mass is 79.9. The molecule has 0 fully saturated rings. The quantitative estimate of drug-likeness (QED) is 0.743. The minimum absolute atomic E-state index is 0.183. The van der Waals surface area contributed by atoms with E-state index in [1.807, 2.05) is 13.0 Å². The Hall–Kier alpha value is -0.620. The molecule has 0 aliphatic rings. The second kappa shape index (κ2) is 8.53. The van der Waals surface area contributed by atoms with E-state index in [0.717, 1.165) is 30.0 Å². The number of rotatable bonds is 8. The molecule has 1 aromatic rings. The Morgan fingerprint density at radius 3 is 2.68 bits per heavy atom. The molecule has 2 N–H and O–H groups in total. The average molecular weight is 331 g/mol. The van der Waals surface area contributed by atoms with Crippen molar-refractivity contribution >= 4 is 15.9 Å². The van der Waals surface area contributed by atoms with Gasteiger partial charge in [-0.25, -0.2) is 0 Å². The molecule has 1 rings (SSSR count). The van der Waals surface area contributed by atoms with E-state index in [2.05, 4.69) is 40.0 Å². The summed E-state index contributed by atoms with van der Waals surface area (Å²) >= 11 is 3.51. The maximum atomic E-state index is 5.90. The highest BCUT2D eigenvalue weighted by molar-refractivity contribution is 9.10. The number of likely N-dealkylation sites (N-methyl/N-ethyl adjacent to an activating group) is 1. The summed E-state index contributed by atoms with van der Waals surface area (Å²) in [5, 5.41) is 0. The molecule has 0 heterocycles. The number of nitrogens with zero attached hydrogens (tertiary/aromatic N) is 1. The summed E-state index contributed by atoms with van der Waals surface area (Å²) in [4.78, 5) is 2.21. The Morgan fingerprint density at radius 1 is 1.42 bits per heavy atom. The Labute approximate surface area is 124 Å². The van der Waals surface area contributed by atoms with E-state index >= 15 is 0 Å². The van der Waals surface area contributed by atoms with Crippen LogP contribution in [0, 0.1) is 0 Å². The van der Waals surface area contributed by atoms with Crippen molar-refractivity contribution in [3.63, 3.8) is 0 Å². The lowest BCUT2D eigenvalue weighted by atomic mass is 10.1. The summed E-state index contributed by atoms with van der Waals surface area (Å²) in [6.45, 7) is 4.90. The highest BCUT2D eigenvalue weighted by Crippen LogP contribution is 2.29. The minimum atomic E-state index is 0.183. The number of methoxy groups -OCH3 is 1. The molecule has 1 aromatic carbocycles. The van der Waals surface area contributed by atoms with Crippen molar-refractivity contribution in [1.82, 2.24) is 4.90 Å². The second-order valence-corrected chi connectivity index (χ2v) is 5.18. The minimum Gasteiger partial charge on any atom is -0.496 e. The summed E-state index contributed by atoms with van der Waals surface area (Å²) in [6.07, 6.45) is 0. The van der Waals surface area contributed by atoms with Gasteiger partial charge in [-0.3, -0.25) is 4.90 Å². The van der Waals surface area contributed by atoms with Crippen molar-refractivity contribution in [3.05, 3.63) is 28.2 Å². The first-order valence-electron chi connectivity index (χ1n) is 6.45. The van der Waals surface area contributed by atoms with Gasteiger partial charge in [-0.15, -0.1) is 0 Å². The lowest BCUT2D eigenvalue weighted by molar-refractivity contribution is 0.108. The van der Waals surface area contributed by atoms with Gasteiger partial charge in [0.15, 0.2) is 0 Å². The third kappa shape index (κ3) is 4.76. The predicted octanol–water partition coefficient (Wildman–Crippen LogP) is 2.43. The van der Waals surface area contributed by atoms with Gasteiger partial charge in [0, 0.05) is 25.7 Å². The van der Waals surface area contributed by atoms with E-state index in [0.29, 0.717) is 6.54 Å². The molecule has 0 aliphatic heterocycles. The van der Waals surface area contributed by atoms with E-state index in [-0.39, 0.29) is 6.04 Å². The summed E-state index contributed by atoms with van der Waals surface area (Å²) in [7, 11) is 3.73. The smallest absolute Gasteiger partial charge is 0.133 e. The van der Waals surface area contributed by atoms with Gasteiger partial charge in [-0.2, -0.15) is 0 Å². The molecule has 4 nitrogen and oxygen atoms in total. The molecule has 0 aliphatic carbocycles. The molecular formula is C14H23BrN2O2. The van der Waals surface area contributed by atoms with Crippen molar-refractivity contribution in [2.24, 2.45) is 5.73 Å². The lowest BCUT2D eigenvalue weighted by Crippen LogP contribution is -2.33. The van der Waals surface area contributed by atoms with Crippen LogP contribution in [0.5, 0.6) is 5.75 Å². The average Bonchev–Trinajstić information content (AvgIpc) is 2.40. The zero-order valence-electron chi connectivity index (χ0n) is 11.9. The number of halogens is 1. The van der Waals surface area contributed by atoms with Crippen LogP contribution in [0.15, 0.2) is 22.7 Å². The number of benzene rings is 1. The number of hydrogen-bond donors (Lipinski definition) is 1. The SMILES string of the molecule is CCOCCN(C)C(CN)c1ccc(OC)c(Br)c1. The molecule has 108 valence electrons. The largest absolute Gasteiger partial charge is 0.496 e. The van der Waals surface area contributed by atoms with E-state index < -0.39 is 0 Å². The van der Waals surface area contributed by atoms with Crippen molar-refractivity contribution in [1.29, 1.82) is 0 Å². The van der Waals surface area contributed by atoms with Crippen LogP contribution in [0.25, 0.3) is 0 Å². The third-order valence-electron chi connectivity index (χ3n) is 3.11. The second-order valence-electron chi connectivity index (χ2n) is 4.32. The van der Waals surface area contributed by atoms with Crippen LogP contribution in [0.4, 0.5) is 0 Å². The van der Waals surface area contributed by atoms with Crippen LogP contribution < -0.4 is 10.5 Å². The van der Waals surface area contributed by atoms with E-state index in [4.69, 9.17) is 15.2 Å². The Bertz CT molecular complexity index is 388. The van der Waals surface area contributed by atoms with Gasteiger partial charge in [0.1, 0.15) is 5.75 Å². The summed E-state index contributed by atoms with van der Waals surface area (Å²) in [5.74, 6) is 0.830.